The molecule has 0 atom stereocenters. The van der Waals surface area contributed by atoms with Crippen LogP contribution in [-0.2, 0) is 38.0 Å². The van der Waals surface area contributed by atoms with Crippen LogP contribution in [0.3, 0.4) is 0 Å². The molecule has 0 saturated heterocycles. The number of hydrogen-bond acceptors (Lipinski definition) is 10. The lowest BCUT2D eigenvalue weighted by Gasteiger charge is -2.25. The maximum atomic E-state index is 14.1. The predicted molar refractivity (Wildman–Crippen MR) is 161 cm³/mol. The van der Waals surface area contributed by atoms with Gasteiger partial charge in [0.15, 0.2) is 0 Å². The predicted octanol–water partition coefficient (Wildman–Crippen LogP) is 2.26. The average Bonchev–Trinajstić information content (AvgIpc) is 3.47. The van der Waals surface area contributed by atoms with E-state index >= 15 is 0 Å². The third-order valence-electron chi connectivity index (χ3n) is 6.99. The van der Waals surface area contributed by atoms with Crippen molar-refractivity contribution in [2.75, 3.05) is 93.4 Å². The summed E-state index contributed by atoms with van der Waals surface area (Å²) in [5, 5.41) is 19.8. The van der Waals surface area contributed by atoms with Gasteiger partial charge in [0.25, 0.3) is 11.8 Å². The molecule has 12 nitrogen and oxygen atoms in total. The monoisotopic (exact) mass is 612 g/mol. The molecule has 2 aromatic carbocycles. The second-order valence-corrected chi connectivity index (χ2v) is 9.89. The first-order chi connectivity index (χ1) is 21.5. The molecule has 0 spiro atoms. The number of ether oxygens (including phenoxy) is 6. The summed E-state index contributed by atoms with van der Waals surface area (Å²) in [4.78, 5) is 31.3. The summed E-state index contributed by atoms with van der Waals surface area (Å²) in [7, 11) is 3.20. The highest BCUT2D eigenvalue weighted by Gasteiger charge is 2.48. The van der Waals surface area contributed by atoms with Gasteiger partial charge in [-0.05, 0) is 59.7 Å². The molecule has 0 aromatic heterocycles. The largest absolute Gasteiger partial charge is 0.508 e. The quantitative estimate of drug-likeness (QED) is 0.214. The molecule has 2 aliphatic heterocycles. The van der Waals surface area contributed by atoms with Crippen LogP contribution in [0.5, 0.6) is 11.5 Å². The lowest BCUT2D eigenvalue weighted by Crippen LogP contribution is -2.33. The van der Waals surface area contributed by atoms with Crippen molar-refractivity contribution < 1.29 is 48.2 Å². The maximum absolute atomic E-state index is 14.1. The molecule has 0 bridgehead atoms. The van der Waals surface area contributed by atoms with E-state index < -0.39 is 0 Å². The zero-order valence-corrected chi connectivity index (χ0v) is 25.2. The summed E-state index contributed by atoms with van der Waals surface area (Å²) in [5.74, 6) is -0.547. The first-order valence-corrected chi connectivity index (χ1v) is 14.5. The Morgan fingerprint density at radius 3 is 1.16 bits per heavy atom. The minimum Gasteiger partial charge on any atom is -0.508 e. The van der Waals surface area contributed by atoms with E-state index in [0.717, 1.165) is 0 Å². The number of amides is 2. The number of phenolic OH excluding ortho intramolecular Hbond substituents is 2. The average molecular weight is 613 g/mol. The fourth-order valence-electron chi connectivity index (χ4n) is 4.90. The number of hydrogen-bond donors (Lipinski definition) is 2. The zero-order valence-electron chi connectivity index (χ0n) is 25.2. The smallest absolute Gasteiger partial charge is 0.261 e. The van der Waals surface area contributed by atoms with Crippen LogP contribution >= 0.6 is 0 Å². The summed E-state index contributed by atoms with van der Waals surface area (Å²) >= 11 is 0. The van der Waals surface area contributed by atoms with Crippen molar-refractivity contribution in [1.29, 1.82) is 0 Å². The van der Waals surface area contributed by atoms with E-state index in [1.165, 1.54) is 24.3 Å². The molecule has 2 aliphatic rings. The van der Waals surface area contributed by atoms with E-state index in [-0.39, 0.29) is 60.8 Å². The normalized spacial score (nSPS) is 14.9. The Morgan fingerprint density at radius 1 is 0.500 bits per heavy atom. The van der Waals surface area contributed by atoms with Crippen LogP contribution in [-0.4, -0.2) is 125 Å². The van der Waals surface area contributed by atoms with Crippen LogP contribution in [0.25, 0.3) is 11.4 Å². The van der Waals surface area contributed by atoms with Crippen LogP contribution in [0, 0.1) is 0 Å². The number of phenols is 2. The van der Waals surface area contributed by atoms with Gasteiger partial charge in [-0.25, -0.2) is 0 Å². The second kappa shape index (κ2) is 16.9. The van der Waals surface area contributed by atoms with Crippen molar-refractivity contribution in [1.82, 2.24) is 9.80 Å². The Morgan fingerprint density at radius 2 is 0.818 bits per heavy atom. The third-order valence-corrected chi connectivity index (χ3v) is 6.99. The number of fused-ring (bicyclic) bond motifs is 1. The molecule has 2 N–H and O–H groups in total. The third kappa shape index (κ3) is 8.23. The van der Waals surface area contributed by atoms with Gasteiger partial charge in [-0.2, -0.15) is 0 Å². The van der Waals surface area contributed by atoms with Crippen molar-refractivity contribution in [2.24, 2.45) is 0 Å². The van der Waals surface area contributed by atoms with Crippen molar-refractivity contribution in [2.45, 2.75) is 0 Å². The number of benzene rings is 2. The highest BCUT2D eigenvalue weighted by molar-refractivity contribution is 6.30. The molecule has 44 heavy (non-hydrogen) atoms. The Bertz CT molecular complexity index is 1210. The maximum Gasteiger partial charge on any atom is 0.261 e. The summed E-state index contributed by atoms with van der Waals surface area (Å²) in [6.45, 7) is 4.17. The Hall–Kier alpha value is -3.78. The minimum absolute atomic E-state index is 0.0651. The van der Waals surface area contributed by atoms with E-state index in [2.05, 4.69) is 0 Å². The number of carbonyl (C=O) groups excluding carboxylic acids is 2. The molecule has 0 unspecified atom stereocenters. The van der Waals surface area contributed by atoms with Crippen LogP contribution < -0.4 is 0 Å². The van der Waals surface area contributed by atoms with Gasteiger partial charge in [0.05, 0.1) is 88.6 Å². The van der Waals surface area contributed by atoms with Crippen molar-refractivity contribution in [3.8, 4) is 11.5 Å². The zero-order chi connectivity index (χ0) is 31.3. The summed E-state index contributed by atoms with van der Waals surface area (Å²) in [6, 6.07) is 12.8. The fraction of sp³-hybridized carbons (Fsp3) is 0.438. The lowest BCUT2D eigenvalue weighted by atomic mass is 10.0. The summed E-state index contributed by atoms with van der Waals surface area (Å²) < 4.78 is 32.3. The Kier molecular flexibility index (Phi) is 12.7. The molecule has 0 fully saturated rings. The molecule has 0 aliphatic carbocycles. The van der Waals surface area contributed by atoms with Crippen molar-refractivity contribution >= 4 is 23.2 Å². The summed E-state index contributed by atoms with van der Waals surface area (Å²) in [6.07, 6.45) is 0. The first-order valence-electron chi connectivity index (χ1n) is 14.5. The van der Waals surface area contributed by atoms with Gasteiger partial charge >= 0.3 is 0 Å². The van der Waals surface area contributed by atoms with Gasteiger partial charge in [-0.15, -0.1) is 0 Å². The molecule has 0 saturated carbocycles. The molecule has 2 amide bonds. The van der Waals surface area contributed by atoms with Crippen LogP contribution in [0.2, 0.25) is 0 Å². The van der Waals surface area contributed by atoms with Gasteiger partial charge in [0, 0.05) is 27.3 Å². The number of rotatable bonds is 20. The lowest BCUT2D eigenvalue weighted by molar-refractivity contribution is -0.124. The minimum atomic E-state index is -0.339. The number of aromatic hydroxyl groups is 2. The number of methoxy groups -OCH3 is 2. The van der Waals surface area contributed by atoms with Crippen molar-refractivity contribution in [3.05, 3.63) is 70.8 Å². The molecule has 2 heterocycles. The van der Waals surface area contributed by atoms with Gasteiger partial charge in [0.1, 0.15) is 11.5 Å². The van der Waals surface area contributed by atoms with E-state index in [1.54, 1.807) is 48.3 Å². The molecule has 4 rings (SSSR count). The topological polar surface area (TPSA) is 136 Å². The van der Waals surface area contributed by atoms with E-state index in [9.17, 15) is 19.8 Å². The number of nitrogens with zero attached hydrogens (tertiary/aromatic N) is 2. The molecule has 12 heteroatoms. The number of carbonyl (C=O) groups is 2. The van der Waals surface area contributed by atoms with Crippen LogP contribution in [0.4, 0.5) is 0 Å². The molecule has 238 valence electrons. The Balaban J connectivity index is 1.59. The Labute approximate surface area is 257 Å². The van der Waals surface area contributed by atoms with Crippen molar-refractivity contribution in [3.63, 3.8) is 0 Å². The molecule has 2 aromatic rings. The molecule has 0 radical (unpaired) electrons. The standard InChI is InChI=1S/C32H40N2O10/c1-39-15-17-43-21-19-41-13-11-33-29(23-3-7-25(35)8-4-23)27-28(31(33)37)30(24-5-9-26(36)10-6-24)34(32(27)38)12-14-42-20-22-44-18-16-40-2/h3-10,35-36H,11-22H2,1-2H3. The SMILES string of the molecule is COCCOCCOCCN1C(=O)C2=C(c3ccc(O)cc3)N(CCOCCOCCOC)C(=O)C2=C1c1ccc(O)cc1. The first kappa shape index (κ1) is 33.1. The van der Waals surface area contributed by atoms with E-state index in [0.29, 0.717) is 75.4 Å². The fourth-order valence-corrected chi connectivity index (χ4v) is 4.90. The van der Waals surface area contributed by atoms with Crippen LogP contribution in [0.15, 0.2) is 59.7 Å². The second-order valence-electron chi connectivity index (χ2n) is 9.89. The van der Waals surface area contributed by atoms with E-state index in [1.807, 2.05) is 0 Å². The van der Waals surface area contributed by atoms with Gasteiger partial charge in [0.2, 0.25) is 0 Å². The van der Waals surface area contributed by atoms with Crippen LogP contribution in [0.1, 0.15) is 11.1 Å². The molecular formula is C32H40N2O10. The summed E-state index contributed by atoms with van der Waals surface area (Å²) in [5.41, 5.74) is 2.65. The highest BCUT2D eigenvalue weighted by Crippen LogP contribution is 2.46. The molecular weight excluding hydrogens is 572 g/mol. The van der Waals surface area contributed by atoms with Gasteiger partial charge in [-0.1, -0.05) is 0 Å². The van der Waals surface area contributed by atoms with Gasteiger partial charge < -0.3 is 48.4 Å². The van der Waals surface area contributed by atoms with Gasteiger partial charge in [-0.3, -0.25) is 9.59 Å². The van der Waals surface area contributed by atoms with E-state index in [4.69, 9.17) is 28.4 Å². The highest BCUT2D eigenvalue weighted by atomic mass is 16.5.